The number of anilines is 2. The lowest BCUT2D eigenvalue weighted by molar-refractivity contribution is 0.102. The van der Waals surface area contributed by atoms with E-state index in [9.17, 15) is 4.79 Å². The van der Waals surface area contributed by atoms with Crippen molar-refractivity contribution in [3.8, 4) is 5.75 Å². The summed E-state index contributed by atoms with van der Waals surface area (Å²) in [6, 6.07) is 9.00. The quantitative estimate of drug-likeness (QED) is 0.935. The third-order valence-electron chi connectivity index (χ3n) is 4.32. The Labute approximate surface area is 141 Å². The molecule has 24 heavy (non-hydrogen) atoms. The minimum atomic E-state index is -0.253. The Morgan fingerprint density at radius 3 is 2.79 bits per heavy atom. The Balaban J connectivity index is 1.72. The predicted molar refractivity (Wildman–Crippen MR) is 93.6 cm³/mol. The van der Waals surface area contributed by atoms with Crippen LogP contribution in [0, 0.1) is 5.92 Å². The van der Waals surface area contributed by atoms with Gasteiger partial charge in [0.05, 0.1) is 7.11 Å². The van der Waals surface area contributed by atoms with E-state index in [0.29, 0.717) is 17.1 Å². The first-order valence-electron chi connectivity index (χ1n) is 8.18. The molecule has 0 saturated carbocycles. The van der Waals surface area contributed by atoms with E-state index in [1.54, 1.807) is 19.2 Å². The molecule has 1 aromatic heterocycles. The summed E-state index contributed by atoms with van der Waals surface area (Å²) in [4.78, 5) is 23.1. The molecule has 6 heteroatoms. The van der Waals surface area contributed by atoms with E-state index < -0.39 is 0 Å². The van der Waals surface area contributed by atoms with Crippen LogP contribution in [0.2, 0.25) is 0 Å². The zero-order valence-corrected chi connectivity index (χ0v) is 14.0. The second kappa shape index (κ2) is 7.29. The first-order valence-corrected chi connectivity index (χ1v) is 8.18. The van der Waals surface area contributed by atoms with Crippen LogP contribution in [-0.2, 0) is 0 Å². The fourth-order valence-electron chi connectivity index (χ4n) is 2.78. The van der Waals surface area contributed by atoms with Crippen LogP contribution < -0.4 is 15.0 Å². The van der Waals surface area contributed by atoms with Crippen molar-refractivity contribution in [1.82, 2.24) is 9.97 Å². The van der Waals surface area contributed by atoms with Gasteiger partial charge in [0.15, 0.2) is 0 Å². The molecule has 0 unspecified atom stereocenters. The molecule has 1 N–H and O–H groups in total. The monoisotopic (exact) mass is 326 g/mol. The lowest BCUT2D eigenvalue weighted by Gasteiger charge is -2.31. The average molecular weight is 326 g/mol. The number of carbonyl (C=O) groups is 1. The van der Waals surface area contributed by atoms with Crippen molar-refractivity contribution >= 4 is 17.4 Å². The molecular formula is C18H22N4O2. The van der Waals surface area contributed by atoms with Gasteiger partial charge in [-0.15, -0.1) is 0 Å². The summed E-state index contributed by atoms with van der Waals surface area (Å²) in [6.45, 7) is 4.20. The average Bonchev–Trinajstić information content (AvgIpc) is 2.62. The number of piperidine rings is 1. The molecule has 1 aliphatic heterocycles. The van der Waals surface area contributed by atoms with Crippen LogP contribution >= 0.6 is 0 Å². The molecule has 0 spiro atoms. The van der Waals surface area contributed by atoms with Gasteiger partial charge in [-0.3, -0.25) is 4.79 Å². The summed E-state index contributed by atoms with van der Waals surface area (Å²) in [5.74, 6) is 2.00. The molecule has 6 nitrogen and oxygen atoms in total. The third-order valence-corrected chi connectivity index (χ3v) is 4.32. The lowest BCUT2D eigenvalue weighted by Crippen LogP contribution is -2.33. The molecule has 1 saturated heterocycles. The smallest absolute Gasteiger partial charge is 0.274 e. The fraction of sp³-hybridized carbons (Fsp3) is 0.389. The molecule has 3 rings (SSSR count). The number of amides is 1. The van der Waals surface area contributed by atoms with E-state index in [-0.39, 0.29) is 5.91 Å². The molecule has 1 aromatic carbocycles. The zero-order chi connectivity index (χ0) is 16.9. The topological polar surface area (TPSA) is 67.3 Å². The molecular weight excluding hydrogens is 304 g/mol. The minimum Gasteiger partial charge on any atom is -0.497 e. The van der Waals surface area contributed by atoms with Gasteiger partial charge < -0.3 is 15.0 Å². The molecule has 2 aromatic rings. The van der Waals surface area contributed by atoms with Gasteiger partial charge >= 0.3 is 0 Å². The number of rotatable bonds is 4. The van der Waals surface area contributed by atoms with Gasteiger partial charge in [-0.2, -0.15) is 0 Å². The Bertz CT molecular complexity index is 712. The SMILES string of the molecule is COc1cccc(NC(=O)c2cc(N3CCC(C)CC3)ncn2)c1. The molecule has 126 valence electrons. The predicted octanol–water partition coefficient (Wildman–Crippen LogP) is 2.97. The maximum atomic E-state index is 12.4. The van der Waals surface area contributed by atoms with E-state index in [1.165, 1.54) is 6.33 Å². The van der Waals surface area contributed by atoms with Crippen molar-refractivity contribution < 1.29 is 9.53 Å². The van der Waals surface area contributed by atoms with Gasteiger partial charge in [-0.1, -0.05) is 13.0 Å². The van der Waals surface area contributed by atoms with Gasteiger partial charge in [0, 0.05) is 30.9 Å². The molecule has 1 aliphatic rings. The summed E-state index contributed by atoms with van der Waals surface area (Å²) in [7, 11) is 1.59. The second-order valence-corrected chi connectivity index (χ2v) is 6.12. The standard InChI is InChI=1S/C18H22N4O2/c1-13-6-8-22(9-7-13)17-11-16(19-12-20-17)18(23)21-14-4-3-5-15(10-14)24-2/h3-5,10-13H,6-9H2,1-2H3,(H,21,23). The molecule has 1 amide bonds. The largest absolute Gasteiger partial charge is 0.497 e. The van der Waals surface area contributed by atoms with Crippen LogP contribution in [0.5, 0.6) is 5.75 Å². The Hall–Kier alpha value is -2.63. The van der Waals surface area contributed by atoms with Crippen molar-refractivity contribution in [2.45, 2.75) is 19.8 Å². The number of methoxy groups -OCH3 is 1. The van der Waals surface area contributed by atoms with E-state index in [2.05, 4.69) is 27.1 Å². The highest BCUT2D eigenvalue weighted by molar-refractivity contribution is 6.03. The van der Waals surface area contributed by atoms with Gasteiger partial charge in [0.1, 0.15) is 23.6 Å². The van der Waals surface area contributed by atoms with Crippen molar-refractivity contribution in [3.05, 3.63) is 42.4 Å². The number of carbonyl (C=O) groups excluding carboxylic acids is 1. The van der Waals surface area contributed by atoms with Crippen LogP contribution in [0.4, 0.5) is 11.5 Å². The van der Waals surface area contributed by atoms with Crippen molar-refractivity contribution in [3.63, 3.8) is 0 Å². The van der Waals surface area contributed by atoms with Crippen LogP contribution in [0.3, 0.4) is 0 Å². The number of hydrogen-bond donors (Lipinski definition) is 1. The normalized spacial score (nSPS) is 15.2. The Morgan fingerprint density at radius 1 is 1.25 bits per heavy atom. The van der Waals surface area contributed by atoms with Crippen LogP contribution in [0.15, 0.2) is 36.7 Å². The van der Waals surface area contributed by atoms with E-state index >= 15 is 0 Å². The summed E-state index contributed by atoms with van der Waals surface area (Å²) < 4.78 is 5.17. The Kier molecular flexibility index (Phi) is 4.93. The minimum absolute atomic E-state index is 0.253. The molecule has 1 fully saturated rings. The van der Waals surface area contributed by atoms with Crippen LogP contribution in [-0.4, -0.2) is 36.1 Å². The first-order chi connectivity index (χ1) is 11.7. The van der Waals surface area contributed by atoms with Gasteiger partial charge in [-0.05, 0) is 30.9 Å². The number of nitrogens with one attached hydrogen (secondary N) is 1. The zero-order valence-electron chi connectivity index (χ0n) is 14.0. The van der Waals surface area contributed by atoms with Gasteiger partial charge in [0.2, 0.25) is 0 Å². The maximum Gasteiger partial charge on any atom is 0.274 e. The maximum absolute atomic E-state index is 12.4. The summed E-state index contributed by atoms with van der Waals surface area (Å²) in [5, 5.41) is 2.84. The highest BCUT2D eigenvalue weighted by Crippen LogP contribution is 2.22. The summed E-state index contributed by atoms with van der Waals surface area (Å²) in [6.07, 6.45) is 3.75. The molecule has 0 aliphatic carbocycles. The number of nitrogens with zero attached hydrogens (tertiary/aromatic N) is 3. The van der Waals surface area contributed by atoms with Gasteiger partial charge in [-0.25, -0.2) is 9.97 Å². The highest BCUT2D eigenvalue weighted by atomic mass is 16.5. The molecule has 0 atom stereocenters. The summed E-state index contributed by atoms with van der Waals surface area (Å²) >= 11 is 0. The molecule has 0 bridgehead atoms. The van der Waals surface area contributed by atoms with E-state index in [4.69, 9.17) is 4.74 Å². The fourth-order valence-corrected chi connectivity index (χ4v) is 2.78. The third kappa shape index (κ3) is 3.82. The second-order valence-electron chi connectivity index (χ2n) is 6.12. The van der Waals surface area contributed by atoms with Crippen molar-refractivity contribution in [1.29, 1.82) is 0 Å². The molecule has 2 heterocycles. The first kappa shape index (κ1) is 16.2. The number of hydrogen-bond acceptors (Lipinski definition) is 5. The van der Waals surface area contributed by atoms with E-state index in [0.717, 1.165) is 37.7 Å². The lowest BCUT2D eigenvalue weighted by atomic mass is 9.99. The number of aromatic nitrogens is 2. The van der Waals surface area contributed by atoms with Gasteiger partial charge in [0.25, 0.3) is 5.91 Å². The number of ether oxygens (including phenoxy) is 1. The van der Waals surface area contributed by atoms with Crippen LogP contribution in [0.25, 0.3) is 0 Å². The van der Waals surface area contributed by atoms with E-state index in [1.807, 2.05) is 18.2 Å². The van der Waals surface area contributed by atoms with Crippen molar-refractivity contribution in [2.24, 2.45) is 5.92 Å². The highest BCUT2D eigenvalue weighted by Gasteiger charge is 2.18. The summed E-state index contributed by atoms with van der Waals surface area (Å²) in [5.41, 5.74) is 1.03. The van der Waals surface area contributed by atoms with Crippen LogP contribution in [0.1, 0.15) is 30.3 Å². The molecule has 0 radical (unpaired) electrons. The Morgan fingerprint density at radius 2 is 2.04 bits per heavy atom. The number of benzene rings is 1. The van der Waals surface area contributed by atoms with Crippen molar-refractivity contribution in [2.75, 3.05) is 30.4 Å².